The third kappa shape index (κ3) is 4.02. The van der Waals surface area contributed by atoms with Crippen LogP contribution < -0.4 is 33.3 Å². The van der Waals surface area contributed by atoms with Gasteiger partial charge in [0.1, 0.15) is 0 Å². The second kappa shape index (κ2) is 10.9. The summed E-state index contributed by atoms with van der Waals surface area (Å²) in [5.41, 5.74) is 30.0. The van der Waals surface area contributed by atoms with Crippen molar-refractivity contribution in [2.24, 2.45) is 0 Å². The van der Waals surface area contributed by atoms with Crippen LogP contribution in [0.15, 0.2) is 127 Å². The Balaban J connectivity index is 1.22. The maximum absolute atomic E-state index is 13.6. The minimum absolute atomic E-state index is 0.0185. The number of hydrogen-bond acceptors (Lipinski definition) is 3. The minimum Gasteiger partial charge on any atom is -0.399 e. The van der Waals surface area contributed by atoms with Crippen molar-refractivity contribution in [3.8, 4) is 11.1 Å². The summed E-state index contributed by atoms with van der Waals surface area (Å²) in [5, 5.41) is 0. The number of nitrogens with two attached hydrogens (primary N) is 2. The third-order valence-electron chi connectivity index (χ3n) is 11.7. The van der Waals surface area contributed by atoms with E-state index in [2.05, 4.69) is 112 Å². The number of rotatable bonds is 4. The molecule has 3 aliphatic rings. The second-order valence-electron chi connectivity index (χ2n) is 14.7. The van der Waals surface area contributed by atoms with Crippen LogP contribution in [0.25, 0.3) is 11.1 Å². The monoisotopic (exact) mass is 632 g/mol. The van der Waals surface area contributed by atoms with Gasteiger partial charge in [-0.05, 0) is 68.4 Å². The van der Waals surface area contributed by atoms with Gasteiger partial charge in [-0.2, -0.15) is 0 Å². The smallest absolute Gasteiger partial charge is 0.217 e. The number of anilines is 2. The molecule has 6 aromatic carbocycles. The average Bonchev–Trinajstić information content (AvgIpc) is 3.39. The molecule has 1 spiro atoms. The molecule has 0 bridgehead atoms. The van der Waals surface area contributed by atoms with E-state index in [4.69, 9.17) is 11.5 Å². The number of carbonyl (C=O) groups excluding carboxylic acids is 1. The Kier molecular flexibility index (Phi) is 6.61. The van der Waals surface area contributed by atoms with Gasteiger partial charge >= 0.3 is 0 Å². The lowest BCUT2D eigenvalue weighted by Crippen LogP contribution is -2.58. The van der Waals surface area contributed by atoms with Crippen LogP contribution in [-0.2, 0) is 11.8 Å². The van der Waals surface area contributed by atoms with E-state index >= 15 is 0 Å². The zero-order valence-corrected chi connectivity index (χ0v) is 28.2. The highest BCUT2D eigenvalue weighted by Crippen LogP contribution is 2.57. The standard InChI is InChI=1S/C44H38B2N2O/c1-26(2)45-38-19-9-7-16-35(38)44(36-17-11-21-40(48)42(36)45)33-15-6-4-12-29(33)32-25-28(22-23-34(32)44)24-27(3)46-37-18-8-5-13-30(37)43(49)31-14-10-20-39(47)41(31)46/h4-23,25-27H,24,47-48H2,1-3H3. The molecule has 4 N–H and O–H groups in total. The quantitative estimate of drug-likeness (QED) is 0.176. The summed E-state index contributed by atoms with van der Waals surface area (Å²) in [5.74, 6) is 0.652. The van der Waals surface area contributed by atoms with Gasteiger partial charge in [-0.15, -0.1) is 0 Å². The van der Waals surface area contributed by atoms with Gasteiger partial charge in [0.2, 0.25) is 13.4 Å². The molecule has 3 nitrogen and oxygen atoms in total. The van der Waals surface area contributed by atoms with Gasteiger partial charge in [0.05, 0.1) is 5.41 Å². The topological polar surface area (TPSA) is 69.1 Å². The second-order valence-corrected chi connectivity index (χ2v) is 14.7. The molecule has 0 saturated heterocycles. The molecule has 9 rings (SSSR count). The largest absolute Gasteiger partial charge is 0.399 e. The van der Waals surface area contributed by atoms with E-state index in [0.717, 1.165) is 34.2 Å². The van der Waals surface area contributed by atoms with Crippen molar-refractivity contribution in [2.45, 2.75) is 44.2 Å². The lowest BCUT2D eigenvalue weighted by molar-refractivity contribution is 0.104. The molecule has 5 heteroatoms. The van der Waals surface area contributed by atoms with E-state index in [-0.39, 0.29) is 25.0 Å². The fourth-order valence-corrected chi connectivity index (χ4v) is 9.88. The van der Waals surface area contributed by atoms with Crippen molar-refractivity contribution in [3.05, 3.63) is 166 Å². The van der Waals surface area contributed by atoms with Gasteiger partial charge < -0.3 is 11.5 Å². The molecule has 2 atom stereocenters. The Bertz CT molecular complexity index is 2350. The van der Waals surface area contributed by atoms with Gasteiger partial charge in [0.15, 0.2) is 5.78 Å². The van der Waals surface area contributed by atoms with E-state index in [0.29, 0.717) is 11.5 Å². The molecule has 6 aromatic rings. The molecule has 49 heavy (non-hydrogen) atoms. The summed E-state index contributed by atoms with van der Waals surface area (Å²) in [6.45, 7) is 7.16. The van der Waals surface area contributed by atoms with Crippen molar-refractivity contribution in [1.29, 1.82) is 0 Å². The van der Waals surface area contributed by atoms with E-state index in [1.54, 1.807) is 0 Å². The molecule has 0 aromatic heterocycles. The fourth-order valence-electron chi connectivity index (χ4n) is 9.88. The summed E-state index contributed by atoms with van der Waals surface area (Å²) in [4.78, 5) is 13.6. The van der Waals surface area contributed by atoms with Gasteiger partial charge in [-0.3, -0.25) is 4.79 Å². The predicted octanol–water partition coefficient (Wildman–Crippen LogP) is 6.33. The van der Waals surface area contributed by atoms with Crippen molar-refractivity contribution < 1.29 is 4.79 Å². The molecular formula is C44H38B2N2O. The Morgan fingerprint density at radius 3 is 1.92 bits per heavy atom. The normalized spacial score (nSPS) is 17.3. The number of hydrogen-bond donors (Lipinski definition) is 2. The van der Waals surface area contributed by atoms with Crippen molar-refractivity contribution in [1.82, 2.24) is 0 Å². The highest BCUT2D eigenvalue weighted by molar-refractivity contribution is 6.90. The van der Waals surface area contributed by atoms with Crippen LogP contribution in [0.1, 0.15) is 64.5 Å². The van der Waals surface area contributed by atoms with Crippen LogP contribution >= 0.6 is 0 Å². The molecule has 2 unspecified atom stereocenters. The van der Waals surface area contributed by atoms with Gasteiger partial charge in [0, 0.05) is 22.5 Å². The molecule has 0 radical (unpaired) electrons. The molecule has 2 aliphatic heterocycles. The first-order valence-electron chi connectivity index (χ1n) is 17.6. The van der Waals surface area contributed by atoms with E-state index in [1.807, 2.05) is 36.4 Å². The number of nitrogen functional groups attached to an aromatic ring is 2. The summed E-state index contributed by atoms with van der Waals surface area (Å²) in [6, 6.07) is 45.5. The van der Waals surface area contributed by atoms with E-state index in [1.165, 1.54) is 49.9 Å². The maximum atomic E-state index is 13.6. The molecule has 2 heterocycles. The molecular weight excluding hydrogens is 594 g/mol. The zero-order valence-electron chi connectivity index (χ0n) is 28.2. The van der Waals surface area contributed by atoms with Crippen LogP contribution in [0, 0.1) is 0 Å². The van der Waals surface area contributed by atoms with E-state index < -0.39 is 5.41 Å². The lowest BCUT2D eigenvalue weighted by Gasteiger charge is -2.44. The van der Waals surface area contributed by atoms with Crippen molar-refractivity contribution >= 4 is 52.4 Å². The van der Waals surface area contributed by atoms with Gasteiger partial charge in [-0.25, -0.2) is 0 Å². The fraction of sp³-hybridized carbons (Fsp3) is 0.159. The highest BCUT2D eigenvalue weighted by Gasteiger charge is 2.53. The average molecular weight is 632 g/mol. The van der Waals surface area contributed by atoms with Gasteiger partial charge in [-0.1, -0.05) is 159 Å². The lowest BCUT2D eigenvalue weighted by atomic mass is 9.28. The van der Waals surface area contributed by atoms with Crippen LogP contribution in [0.4, 0.5) is 11.4 Å². The molecule has 1 aliphatic carbocycles. The Morgan fingerprint density at radius 2 is 1.14 bits per heavy atom. The Morgan fingerprint density at radius 1 is 0.551 bits per heavy atom. The van der Waals surface area contributed by atoms with Crippen LogP contribution in [0.5, 0.6) is 0 Å². The summed E-state index contributed by atoms with van der Waals surface area (Å²) < 4.78 is 0. The Hall–Kier alpha value is -5.28. The predicted molar refractivity (Wildman–Crippen MR) is 207 cm³/mol. The third-order valence-corrected chi connectivity index (χ3v) is 11.7. The number of ketones is 1. The van der Waals surface area contributed by atoms with Crippen LogP contribution in [-0.4, -0.2) is 19.2 Å². The zero-order chi connectivity index (χ0) is 33.6. The summed E-state index contributed by atoms with van der Waals surface area (Å²) in [6.07, 6.45) is 0.846. The SMILES string of the molecule is CC(C)B1c2ccccc2C2(c3ccccc3-c3cc(CC(C)B4c5ccccc5C(=O)c5cccc(N)c54)ccc32)c2cccc(N)c21. The van der Waals surface area contributed by atoms with Crippen molar-refractivity contribution in [3.63, 3.8) is 0 Å². The van der Waals surface area contributed by atoms with E-state index in [9.17, 15) is 4.79 Å². The first kappa shape index (κ1) is 29.8. The highest BCUT2D eigenvalue weighted by atomic mass is 16.1. The van der Waals surface area contributed by atoms with Crippen LogP contribution in [0.2, 0.25) is 11.6 Å². The number of carbonyl (C=O) groups is 1. The number of benzene rings is 6. The number of fused-ring (bicyclic) bond motifs is 11. The first-order valence-corrected chi connectivity index (χ1v) is 17.6. The molecule has 0 saturated carbocycles. The molecule has 0 amide bonds. The maximum Gasteiger partial charge on any atom is 0.217 e. The van der Waals surface area contributed by atoms with Crippen LogP contribution in [0.3, 0.4) is 0 Å². The van der Waals surface area contributed by atoms with Gasteiger partial charge in [0.25, 0.3) is 0 Å². The molecule has 236 valence electrons. The minimum atomic E-state index is -0.459. The Labute approximate surface area is 289 Å². The first-order chi connectivity index (χ1) is 23.8. The summed E-state index contributed by atoms with van der Waals surface area (Å²) in [7, 11) is 0. The van der Waals surface area contributed by atoms with Crippen molar-refractivity contribution in [2.75, 3.05) is 11.5 Å². The molecule has 0 fully saturated rings. The summed E-state index contributed by atoms with van der Waals surface area (Å²) >= 11 is 0.